The topological polar surface area (TPSA) is 66.8 Å². The van der Waals surface area contributed by atoms with Crippen molar-refractivity contribution in [3.05, 3.63) is 53.6 Å². The van der Waals surface area contributed by atoms with Gasteiger partial charge in [0.2, 0.25) is 0 Å². The zero-order chi connectivity index (χ0) is 18.8. The van der Waals surface area contributed by atoms with E-state index in [0.29, 0.717) is 35.4 Å². The van der Waals surface area contributed by atoms with Crippen LogP contribution in [0.4, 0.5) is 13.6 Å². The number of ether oxygens (including phenoxy) is 1. The quantitative estimate of drug-likeness (QED) is 0.837. The van der Waals surface area contributed by atoms with Gasteiger partial charge in [-0.05, 0) is 36.8 Å². The van der Waals surface area contributed by atoms with E-state index in [1.165, 1.54) is 17.9 Å². The van der Waals surface area contributed by atoms with Crippen molar-refractivity contribution < 1.29 is 28.2 Å². The van der Waals surface area contributed by atoms with Gasteiger partial charge < -0.3 is 14.7 Å². The third-order valence-electron chi connectivity index (χ3n) is 4.33. The number of carboxylic acid groups (broad SMARTS) is 1. The van der Waals surface area contributed by atoms with Crippen molar-refractivity contribution in [2.24, 2.45) is 0 Å². The van der Waals surface area contributed by atoms with Gasteiger partial charge in [-0.25, -0.2) is 13.6 Å². The molecule has 1 atom stereocenters. The van der Waals surface area contributed by atoms with Gasteiger partial charge in [0.25, 0.3) is 0 Å². The summed E-state index contributed by atoms with van der Waals surface area (Å²) in [6.07, 6.45) is -0.889. The Labute approximate surface area is 148 Å². The van der Waals surface area contributed by atoms with E-state index in [9.17, 15) is 18.4 Å². The lowest BCUT2D eigenvalue weighted by Crippen LogP contribution is -2.29. The maximum Gasteiger partial charge on any atom is 0.407 e. The highest BCUT2D eigenvalue weighted by Crippen LogP contribution is 2.34. The molecular formula is C19H17F2NO4. The number of carbonyl (C=O) groups excluding carboxylic acids is 1. The second-order valence-corrected chi connectivity index (χ2v) is 6.15. The Kier molecular flexibility index (Phi) is 4.88. The Morgan fingerprint density at radius 2 is 1.92 bits per heavy atom. The van der Waals surface area contributed by atoms with E-state index in [1.54, 1.807) is 18.2 Å². The average Bonchev–Trinajstić information content (AvgIpc) is 3.06. The Morgan fingerprint density at radius 3 is 2.54 bits per heavy atom. The van der Waals surface area contributed by atoms with E-state index in [-0.39, 0.29) is 18.4 Å². The molecule has 1 aliphatic rings. The van der Waals surface area contributed by atoms with E-state index in [1.807, 2.05) is 0 Å². The zero-order valence-corrected chi connectivity index (χ0v) is 14.0. The number of hydrogen-bond acceptors (Lipinski definition) is 3. The minimum absolute atomic E-state index is 0.162. The highest BCUT2D eigenvalue weighted by Gasteiger charge is 2.28. The van der Waals surface area contributed by atoms with Gasteiger partial charge in [0.15, 0.2) is 17.4 Å². The number of Topliss-reactive ketones (excluding diaryl/α,β-unsaturated/α-hetero) is 1. The van der Waals surface area contributed by atoms with Crippen LogP contribution in [0.1, 0.15) is 23.7 Å². The molecular weight excluding hydrogens is 344 g/mol. The average molecular weight is 361 g/mol. The predicted octanol–water partition coefficient (Wildman–Crippen LogP) is 3.97. The van der Waals surface area contributed by atoms with Gasteiger partial charge in [0.1, 0.15) is 11.9 Å². The first-order chi connectivity index (χ1) is 12.3. The van der Waals surface area contributed by atoms with Gasteiger partial charge in [-0.3, -0.25) is 4.79 Å². The fraction of sp³-hybridized carbons (Fsp3) is 0.263. The SMILES string of the molecule is CC(=O)c1ccc(-c2ccc(F)c(F)c2)c(OC2CCN(C(=O)O)C2)c1. The van der Waals surface area contributed by atoms with Gasteiger partial charge in [0.05, 0.1) is 6.54 Å². The normalized spacial score (nSPS) is 16.6. The Morgan fingerprint density at radius 1 is 1.15 bits per heavy atom. The molecule has 0 spiro atoms. The number of nitrogens with zero attached hydrogens (tertiary/aromatic N) is 1. The zero-order valence-electron chi connectivity index (χ0n) is 14.0. The van der Waals surface area contributed by atoms with E-state index in [4.69, 9.17) is 9.84 Å². The monoisotopic (exact) mass is 361 g/mol. The number of ketones is 1. The van der Waals surface area contributed by atoms with E-state index in [0.717, 1.165) is 12.1 Å². The number of carbonyl (C=O) groups is 2. The van der Waals surface area contributed by atoms with E-state index < -0.39 is 17.7 Å². The van der Waals surface area contributed by atoms with Crippen molar-refractivity contribution in [1.29, 1.82) is 0 Å². The van der Waals surface area contributed by atoms with Crippen molar-refractivity contribution in [1.82, 2.24) is 4.90 Å². The van der Waals surface area contributed by atoms with E-state index in [2.05, 4.69) is 0 Å². The van der Waals surface area contributed by atoms with Crippen LogP contribution in [0.5, 0.6) is 5.75 Å². The smallest absolute Gasteiger partial charge is 0.407 e. The molecule has 7 heteroatoms. The van der Waals surface area contributed by atoms with Crippen LogP contribution in [0.3, 0.4) is 0 Å². The Bertz CT molecular complexity index is 869. The summed E-state index contributed by atoms with van der Waals surface area (Å²) >= 11 is 0. The first-order valence-corrected chi connectivity index (χ1v) is 8.10. The highest BCUT2D eigenvalue weighted by atomic mass is 19.2. The third-order valence-corrected chi connectivity index (χ3v) is 4.33. The standard InChI is InChI=1S/C19H17F2NO4/c1-11(23)12-2-4-15(13-3-5-16(20)17(21)8-13)18(9-12)26-14-6-7-22(10-14)19(24)25/h2-5,8-9,14H,6-7,10H2,1H3,(H,24,25). The summed E-state index contributed by atoms with van der Waals surface area (Å²) in [5.41, 5.74) is 1.32. The van der Waals surface area contributed by atoms with Crippen molar-refractivity contribution in [3.8, 4) is 16.9 Å². The second-order valence-electron chi connectivity index (χ2n) is 6.15. The van der Waals surface area contributed by atoms with Crippen LogP contribution in [-0.4, -0.2) is 41.1 Å². The van der Waals surface area contributed by atoms with Crippen LogP contribution in [0.2, 0.25) is 0 Å². The maximum absolute atomic E-state index is 13.6. The number of amides is 1. The Balaban J connectivity index is 1.95. The maximum atomic E-state index is 13.6. The molecule has 1 fully saturated rings. The summed E-state index contributed by atoms with van der Waals surface area (Å²) < 4.78 is 32.8. The molecule has 0 saturated carbocycles. The van der Waals surface area contributed by atoms with Gasteiger partial charge in [-0.15, -0.1) is 0 Å². The molecule has 1 aliphatic heterocycles. The number of likely N-dealkylation sites (tertiary alicyclic amines) is 1. The molecule has 0 aromatic heterocycles. The van der Waals surface area contributed by atoms with Crippen molar-refractivity contribution >= 4 is 11.9 Å². The van der Waals surface area contributed by atoms with Crippen molar-refractivity contribution in [3.63, 3.8) is 0 Å². The minimum Gasteiger partial charge on any atom is -0.488 e. The lowest BCUT2D eigenvalue weighted by atomic mass is 10.0. The summed E-state index contributed by atoms with van der Waals surface area (Å²) in [6.45, 7) is 1.97. The molecule has 2 aromatic rings. The summed E-state index contributed by atoms with van der Waals surface area (Å²) in [7, 11) is 0. The predicted molar refractivity (Wildman–Crippen MR) is 90.4 cm³/mol. The molecule has 1 saturated heterocycles. The molecule has 3 rings (SSSR count). The van der Waals surface area contributed by atoms with Crippen LogP contribution < -0.4 is 4.74 Å². The number of benzene rings is 2. The molecule has 2 aromatic carbocycles. The molecule has 0 radical (unpaired) electrons. The summed E-state index contributed by atoms with van der Waals surface area (Å²) in [5.74, 6) is -1.77. The molecule has 26 heavy (non-hydrogen) atoms. The van der Waals surface area contributed by atoms with Gasteiger partial charge in [-0.2, -0.15) is 0 Å². The molecule has 0 aliphatic carbocycles. The van der Waals surface area contributed by atoms with Crippen molar-refractivity contribution in [2.75, 3.05) is 13.1 Å². The van der Waals surface area contributed by atoms with Gasteiger partial charge in [-0.1, -0.05) is 12.1 Å². The van der Waals surface area contributed by atoms with Gasteiger partial charge >= 0.3 is 6.09 Å². The molecule has 5 nitrogen and oxygen atoms in total. The summed E-state index contributed by atoms with van der Waals surface area (Å²) in [5, 5.41) is 9.05. The molecule has 1 unspecified atom stereocenters. The lowest BCUT2D eigenvalue weighted by molar-refractivity contribution is 0.101. The van der Waals surface area contributed by atoms with Crippen LogP contribution in [0.15, 0.2) is 36.4 Å². The number of halogens is 2. The first-order valence-electron chi connectivity index (χ1n) is 8.10. The molecule has 1 amide bonds. The summed E-state index contributed by atoms with van der Waals surface area (Å²) in [4.78, 5) is 24.0. The van der Waals surface area contributed by atoms with Crippen molar-refractivity contribution in [2.45, 2.75) is 19.4 Å². The van der Waals surface area contributed by atoms with Crippen LogP contribution >= 0.6 is 0 Å². The number of rotatable bonds is 4. The summed E-state index contributed by atoms with van der Waals surface area (Å²) in [6, 6.07) is 8.25. The van der Waals surface area contributed by atoms with Crippen LogP contribution in [0.25, 0.3) is 11.1 Å². The van der Waals surface area contributed by atoms with E-state index >= 15 is 0 Å². The molecule has 136 valence electrons. The largest absolute Gasteiger partial charge is 0.488 e. The molecule has 0 bridgehead atoms. The highest BCUT2D eigenvalue weighted by molar-refractivity contribution is 5.95. The van der Waals surface area contributed by atoms with Crippen LogP contribution in [0, 0.1) is 11.6 Å². The second kappa shape index (κ2) is 7.11. The molecule has 1 heterocycles. The number of hydrogen-bond donors (Lipinski definition) is 1. The Hall–Kier alpha value is -2.96. The molecule has 1 N–H and O–H groups in total. The van der Waals surface area contributed by atoms with Gasteiger partial charge in [0, 0.05) is 24.1 Å². The van der Waals surface area contributed by atoms with Crippen LogP contribution in [-0.2, 0) is 0 Å². The first kappa shape index (κ1) is 17.8. The third kappa shape index (κ3) is 3.66. The fourth-order valence-corrected chi connectivity index (χ4v) is 2.92. The minimum atomic E-state index is -1.02. The lowest BCUT2D eigenvalue weighted by Gasteiger charge is -2.18. The fourth-order valence-electron chi connectivity index (χ4n) is 2.92.